The highest BCUT2D eigenvalue weighted by Gasteiger charge is 2.17. The third kappa shape index (κ3) is 2.45. The van der Waals surface area contributed by atoms with Crippen LogP contribution in [0, 0.1) is 6.92 Å². The Morgan fingerprint density at radius 2 is 2.21 bits per heavy atom. The van der Waals surface area contributed by atoms with Gasteiger partial charge in [-0.1, -0.05) is 13.0 Å². The molecule has 1 aromatic carbocycles. The Bertz CT molecular complexity index is 617. The Morgan fingerprint density at radius 1 is 1.47 bits per heavy atom. The number of H-pyrrole nitrogens is 1. The number of nitrogens with zero attached hydrogens (tertiary/aromatic N) is 1. The van der Waals surface area contributed by atoms with Gasteiger partial charge in [0.05, 0.1) is 12.8 Å². The number of nitrogens with one attached hydrogen (secondary N) is 1. The van der Waals surface area contributed by atoms with Crippen LogP contribution in [-0.2, 0) is 6.42 Å². The number of carbonyl (C=O) groups is 1. The summed E-state index contributed by atoms with van der Waals surface area (Å²) in [5.41, 5.74) is 3.28. The van der Waals surface area contributed by atoms with Gasteiger partial charge < -0.3 is 14.8 Å². The van der Waals surface area contributed by atoms with Crippen molar-refractivity contribution < 1.29 is 14.6 Å². The molecule has 0 aliphatic heterocycles. The average Bonchev–Trinajstić information content (AvgIpc) is 2.80. The van der Waals surface area contributed by atoms with E-state index in [-0.39, 0.29) is 5.82 Å². The summed E-state index contributed by atoms with van der Waals surface area (Å²) in [6.07, 6.45) is 0.895. The van der Waals surface area contributed by atoms with E-state index in [9.17, 15) is 4.79 Å². The maximum atomic E-state index is 11.0. The highest BCUT2D eigenvalue weighted by atomic mass is 16.5. The number of aromatic amines is 1. The molecule has 0 aliphatic carbocycles. The molecule has 0 spiro atoms. The monoisotopic (exact) mass is 260 g/mol. The zero-order valence-electron chi connectivity index (χ0n) is 11.2. The molecule has 1 heterocycles. The molecule has 0 aliphatic rings. The fourth-order valence-corrected chi connectivity index (χ4v) is 1.98. The quantitative estimate of drug-likeness (QED) is 0.886. The SMILES string of the molecule is CCc1ccc(OC)c(-c2nc(C(=O)O)[nH]c2C)c1. The van der Waals surface area contributed by atoms with Crippen molar-refractivity contribution in [2.24, 2.45) is 0 Å². The lowest BCUT2D eigenvalue weighted by Crippen LogP contribution is -1.98. The van der Waals surface area contributed by atoms with Gasteiger partial charge in [0.2, 0.25) is 5.82 Å². The van der Waals surface area contributed by atoms with Gasteiger partial charge in [0.1, 0.15) is 5.75 Å². The summed E-state index contributed by atoms with van der Waals surface area (Å²) in [6.45, 7) is 3.86. The van der Waals surface area contributed by atoms with E-state index >= 15 is 0 Å². The van der Waals surface area contributed by atoms with Gasteiger partial charge in [-0.05, 0) is 31.0 Å². The first-order valence-corrected chi connectivity index (χ1v) is 6.04. The van der Waals surface area contributed by atoms with E-state index in [1.54, 1.807) is 14.0 Å². The number of hydrogen-bond acceptors (Lipinski definition) is 3. The lowest BCUT2D eigenvalue weighted by molar-refractivity contribution is 0.0684. The van der Waals surface area contributed by atoms with Gasteiger partial charge >= 0.3 is 5.97 Å². The number of imidazole rings is 1. The van der Waals surface area contributed by atoms with E-state index in [0.717, 1.165) is 17.5 Å². The molecule has 0 radical (unpaired) electrons. The minimum atomic E-state index is -1.07. The van der Waals surface area contributed by atoms with Crippen molar-refractivity contribution in [3.8, 4) is 17.0 Å². The van der Waals surface area contributed by atoms with Crippen molar-refractivity contribution in [1.82, 2.24) is 9.97 Å². The second-order valence-corrected chi connectivity index (χ2v) is 4.25. The molecular formula is C14H16N2O3. The smallest absolute Gasteiger partial charge is 0.371 e. The van der Waals surface area contributed by atoms with Crippen molar-refractivity contribution in [3.63, 3.8) is 0 Å². The summed E-state index contributed by atoms with van der Waals surface area (Å²) in [7, 11) is 1.59. The maximum absolute atomic E-state index is 11.0. The highest BCUT2D eigenvalue weighted by molar-refractivity contribution is 5.85. The van der Waals surface area contributed by atoms with Crippen LogP contribution >= 0.6 is 0 Å². The summed E-state index contributed by atoms with van der Waals surface area (Å²) < 4.78 is 5.32. The van der Waals surface area contributed by atoms with E-state index in [0.29, 0.717) is 17.1 Å². The molecule has 5 nitrogen and oxygen atoms in total. The normalized spacial score (nSPS) is 10.5. The van der Waals surface area contributed by atoms with Gasteiger partial charge in [-0.3, -0.25) is 0 Å². The first kappa shape index (κ1) is 13.1. The molecule has 5 heteroatoms. The van der Waals surface area contributed by atoms with E-state index < -0.39 is 5.97 Å². The van der Waals surface area contributed by atoms with Crippen LogP contribution in [0.1, 0.15) is 28.8 Å². The van der Waals surface area contributed by atoms with Crippen molar-refractivity contribution >= 4 is 5.97 Å². The topological polar surface area (TPSA) is 75.2 Å². The Balaban J connectivity index is 2.59. The van der Waals surface area contributed by atoms with Crippen LogP contribution in [-0.4, -0.2) is 28.2 Å². The van der Waals surface area contributed by atoms with E-state index in [1.807, 2.05) is 18.2 Å². The lowest BCUT2D eigenvalue weighted by Gasteiger charge is -2.09. The molecule has 0 atom stereocenters. The second-order valence-electron chi connectivity index (χ2n) is 4.25. The molecule has 0 unspecified atom stereocenters. The van der Waals surface area contributed by atoms with Crippen molar-refractivity contribution in [2.75, 3.05) is 7.11 Å². The summed E-state index contributed by atoms with van der Waals surface area (Å²) in [4.78, 5) is 17.8. The van der Waals surface area contributed by atoms with E-state index in [1.165, 1.54) is 0 Å². The minimum absolute atomic E-state index is 0.0588. The first-order chi connectivity index (χ1) is 9.06. The number of methoxy groups -OCH3 is 1. The molecule has 0 amide bonds. The van der Waals surface area contributed by atoms with Crippen molar-refractivity contribution in [2.45, 2.75) is 20.3 Å². The number of rotatable bonds is 4. The van der Waals surface area contributed by atoms with E-state index in [2.05, 4.69) is 16.9 Å². The Morgan fingerprint density at radius 3 is 2.74 bits per heavy atom. The molecule has 2 aromatic rings. The summed E-state index contributed by atoms with van der Waals surface area (Å²) in [5, 5.41) is 8.97. The number of aryl methyl sites for hydroxylation is 2. The molecule has 1 aromatic heterocycles. The van der Waals surface area contributed by atoms with Gasteiger partial charge in [0.25, 0.3) is 0 Å². The zero-order chi connectivity index (χ0) is 14.0. The Labute approximate surface area is 111 Å². The number of aromatic carboxylic acids is 1. The fraction of sp³-hybridized carbons (Fsp3) is 0.286. The number of benzene rings is 1. The van der Waals surface area contributed by atoms with Gasteiger partial charge in [-0.25, -0.2) is 9.78 Å². The molecule has 0 saturated heterocycles. The summed E-state index contributed by atoms with van der Waals surface area (Å²) in [5.74, 6) is -0.444. The molecule has 0 saturated carbocycles. The van der Waals surface area contributed by atoms with Crippen molar-refractivity contribution in [1.29, 1.82) is 0 Å². The standard InChI is InChI=1S/C14H16N2O3/c1-4-9-5-6-11(19-3)10(7-9)12-8(2)15-13(16-12)14(17)18/h5-7H,4H2,1-3H3,(H,15,16)(H,17,18). The van der Waals surface area contributed by atoms with Crippen LogP contribution in [0.15, 0.2) is 18.2 Å². The molecule has 2 rings (SSSR count). The summed E-state index contributed by atoms with van der Waals surface area (Å²) in [6, 6.07) is 5.85. The number of carboxylic acids is 1. The van der Waals surface area contributed by atoms with Crippen LogP contribution in [0.5, 0.6) is 5.75 Å². The predicted octanol–water partition coefficient (Wildman–Crippen LogP) is 2.65. The minimum Gasteiger partial charge on any atom is -0.496 e. The molecule has 0 bridgehead atoms. The molecule has 0 fully saturated rings. The fourth-order valence-electron chi connectivity index (χ4n) is 1.98. The largest absolute Gasteiger partial charge is 0.496 e. The number of hydrogen-bond donors (Lipinski definition) is 2. The van der Waals surface area contributed by atoms with Crippen LogP contribution in [0.2, 0.25) is 0 Å². The lowest BCUT2D eigenvalue weighted by atomic mass is 10.0. The Kier molecular flexibility index (Phi) is 3.55. The highest BCUT2D eigenvalue weighted by Crippen LogP contribution is 2.31. The number of carboxylic acid groups (broad SMARTS) is 1. The molecular weight excluding hydrogens is 244 g/mol. The van der Waals surface area contributed by atoms with Gasteiger partial charge in [-0.2, -0.15) is 0 Å². The van der Waals surface area contributed by atoms with Crippen LogP contribution in [0.4, 0.5) is 0 Å². The number of aromatic nitrogens is 2. The van der Waals surface area contributed by atoms with Crippen molar-refractivity contribution in [3.05, 3.63) is 35.3 Å². The van der Waals surface area contributed by atoms with Crippen LogP contribution in [0.25, 0.3) is 11.3 Å². The summed E-state index contributed by atoms with van der Waals surface area (Å²) >= 11 is 0. The van der Waals surface area contributed by atoms with E-state index in [4.69, 9.17) is 9.84 Å². The third-order valence-electron chi connectivity index (χ3n) is 3.01. The molecule has 2 N–H and O–H groups in total. The first-order valence-electron chi connectivity index (χ1n) is 6.04. The maximum Gasteiger partial charge on any atom is 0.371 e. The third-order valence-corrected chi connectivity index (χ3v) is 3.01. The molecule has 100 valence electrons. The second kappa shape index (κ2) is 5.14. The van der Waals surface area contributed by atoms with Gasteiger partial charge in [0.15, 0.2) is 0 Å². The number of ether oxygens (including phenoxy) is 1. The van der Waals surface area contributed by atoms with Crippen LogP contribution < -0.4 is 4.74 Å². The van der Waals surface area contributed by atoms with Gasteiger partial charge in [0, 0.05) is 11.3 Å². The average molecular weight is 260 g/mol. The van der Waals surface area contributed by atoms with Crippen LogP contribution in [0.3, 0.4) is 0 Å². The zero-order valence-corrected chi connectivity index (χ0v) is 11.2. The van der Waals surface area contributed by atoms with Gasteiger partial charge in [-0.15, -0.1) is 0 Å². The Hall–Kier alpha value is -2.30. The predicted molar refractivity (Wildman–Crippen MR) is 71.7 cm³/mol. The molecule has 19 heavy (non-hydrogen) atoms.